The van der Waals surface area contributed by atoms with Gasteiger partial charge in [-0.25, -0.2) is 0 Å². The number of nitrogens with one attached hydrogen (secondary N) is 1. The van der Waals surface area contributed by atoms with Gasteiger partial charge in [0.25, 0.3) is 11.6 Å². The fourth-order valence-electron chi connectivity index (χ4n) is 1.27. The highest BCUT2D eigenvalue weighted by molar-refractivity contribution is 5.96. The van der Waals surface area contributed by atoms with E-state index in [4.69, 9.17) is 5.26 Å². The first kappa shape index (κ1) is 12.6. The van der Waals surface area contributed by atoms with Gasteiger partial charge in [0.2, 0.25) is 0 Å². The van der Waals surface area contributed by atoms with E-state index >= 15 is 0 Å². The molecule has 0 heterocycles. The minimum atomic E-state index is -0.638. The van der Waals surface area contributed by atoms with Gasteiger partial charge in [0.05, 0.1) is 11.0 Å². The van der Waals surface area contributed by atoms with Gasteiger partial charge in [-0.05, 0) is 19.4 Å². The fourth-order valence-corrected chi connectivity index (χ4v) is 1.27. The number of hydrogen-bond acceptors (Lipinski definition) is 4. The molecular formula is C11H11N3O3. The second-order valence-corrected chi connectivity index (χ2v) is 3.58. The summed E-state index contributed by atoms with van der Waals surface area (Å²) in [5.41, 5.74) is 0.685. The van der Waals surface area contributed by atoms with Crippen LogP contribution < -0.4 is 5.32 Å². The lowest BCUT2D eigenvalue weighted by molar-refractivity contribution is -0.384. The summed E-state index contributed by atoms with van der Waals surface area (Å²) in [5, 5.41) is 21.6. The Bertz CT molecular complexity index is 505. The van der Waals surface area contributed by atoms with Gasteiger partial charge in [0.1, 0.15) is 6.04 Å². The van der Waals surface area contributed by atoms with E-state index in [9.17, 15) is 14.9 Å². The Morgan fingerprint density at radius 2 is 2.24 bits per heavy atom. The van der Waals surface area contributed by atoms with Crippen molar-refractivity contribution >= 4 is 11.6 Å². The SMILES string of the molecule is Cc1ccc([N+](=O)[O-])cc1C(=O)NC(C)C#N. The van der Waals surface area contributed by atoms with Gasteiger partial charge in [0, 0.05) is 17.7 Å². The Labute approximate surface area is 98.0 Å². The highest BCUT2D eigenvalue weighted by Gasteiger charge is 2.15. The van der Waals surface area contributed by atoms with Crippen LogP contribution in [0.2, 0.25) is 0 Å². The number of nitrogens with zero attached hydrogens (tertiary/aromatic N) is 2. The highest BCUT2D eigenvalue weighted by atomic mass is 16.6. The molecular weight excluding hydrogens is 222 g/mol. The summed E-state index contributed by atoms with van der Waals surface area (Å²) >= 11 is 0. The van der Waals surface area contributed by atoms with Crippen molar-refractivity contribution in [2.45, 2.75) is 19.9 Å². The third kappa shape index (κ3) is 3.01. The van der Waals surface area contributed by atoms with Gasteiger partial charge >= 0.3 is 0 Å². The molecule has 6 nitrogen and oxygen atoms in total. The normalized spacial score (nSPS) is 11.4. The second-order valence-electron chi connectivity index (χ2n) is 3.58. The number of carbonyl (C=O) groups is 1. The molecule has 1 rings (SSSR count). The molecule has 0 aliphatic rings. The van der Waals surface area contributed by atoms with Gasteiger partial charge in [-0.3, -0.25) is 14.9 Å². The maximum Gasteiger partial charge on any atom is 0.270 e. The van der Waals surface area contributed by atoms with Crippen LogP contribution in [0.25, 0.3) is 0 Å². The quantitative estimate of drug-likeness (QED) is 0.632. The molecule has 17 heavy (non-hydrogen) atoms. The number of carbonyl (C=O) groups excluding carboxylic acids is 1. The number of nitro benzene ring substituents is 1. The van der Waals surface area contributed by atoms with Crippen molar-refractivity contribution in [1.82, 2.24) is 5.32 Å². The summed E-state index contributed by atoms with van der Waals surface area (Å²) in [7, 11) is 0. The highest BCUT2D eigenvalue weighted by Crippen LogP contribution is 2.17. The number of benzene rings is 1. The van der Waals surface area contributed by atoms with Crippen molar-refractivity contribution in [2.75, 3.05) is 0 Å². The molecule has 0 spiro atoms. The van der Waals surface area contributed by atoms with Gasteiger partial charge in [-0.1, -0.05) is 6.07 Å². The standard InChI is InChI=1S/C11H11N3O3/c1-7-3-4-9(14(16)17)5-10(7)11(15)13-8(2)6-12/h3-5,8H,1-2H3,(H,13,15). The minimum absolute atomic E-state index is 0.148. The van der Waals surface area contributed by atoms with E-state index in [1.807, 2.05) is 6.07 Å². The minimum Gasteiger partial charge on any atom is -0.337 e. The average molecular weight is 233 g/mol. The molecule has 1 amide bonds. The number of amides is 1. The van der Waals surface area contributed by atoms with Crippen molar-refractivity contribution in [3.05, 3.63) is 39.4 Å². The maximum atomic E-state index is 11.7. The molecule has 1 atom stereocenters. The zero-order chi connectivity index (χ0) is 13.0. The van der Waals surface area contributed by atoms with Crippen LogP contribution >= 0.6 is 0 Å². The average Bonchev–Trinajstić information content (AvgIpc) is 2.28. The van der Waals surface area contributed by atoms with Crippen molar-refractivity contribution in [3.8, 4) is 6.07 Å². The monoisotopic (exact) mass is 233 g/mol. The van der Waals surface area contributed by atoms with Crippen LogP contribution in [0.5, 0.6) is 0 Å². The summed E-state index contributed by atoms with van der Waals surface area (Å²) < 4.78 is 0. The van der Waals surface area contributed by atoms with Crippen LogP contribution in [0.1, 0.15) is 22.8 Å². The molecule has 0 aliphatic heterocycles. The molecule has 0 aliphatic carbocycles. The molecule has 0 saturated heterocycles. The number of non-ortho nitro benzene ring substituents is 1. The number of aryl methyl sites for hydroxylation is 1. The van der Waals surface area contributed by atoms with Crippen molar-refractivity contribution in [1.29, 1.82) is 5.26 Å². The van der Waals surface area contributed by atoms with Crippen LogP contribution in [-0.4, -0.2) is 16.9 Å². The first-order valence-corrected chi connectivity index (χ1v) is 4.91. The van der Waals surface area contributed by atoms with Gasteiger partial charge in [-0.2, -0.15) is 5.26 Å². The number of hydrogen-bond donors (Lipinski definition) is 1. The van der Waals surface area contributed by atoms with Crippen molar-refractivity contribution < 1.29 is 9.72 Å². The van der Waals surface area contributed by atoms with E-state index in [-0.39, 0.29) is 11.3 Å². The zero-order valence-corrected chi connectivity index (χ0v) is 9.43. The molecule has 1 unspecified atom stereocenters. The van der Waals surface area contributed by atoms with Crippen molar-refractivity contribution in [3.63, 3.8) is 0 Å². The Kier molecular flexibility index (Phi) is 3.78. The lowest BCUT2D eigenvalue weighted by atomic mass is 10.1. The molecule has 0 bridgehead atoms. The van der Waals surface area contributed by atoms with Crippen LogP contribution in [-0.2, 0) is 0 Å². The number of nitro groups is 1. The topological polar surface area (TPSA) is 96.0 Å². The number of rotatable bonds is 3. The van der Waals surface area contributed by atoms with Crippen LogP contribution in [0, 0.1) is 28.4 Å². The second kappa shape index (κ2) is 5.07. The van der Waals surface area contributed by atoms with Crippen LogP contribution in [0.4, 0.5) is 5.69 Å². The third-order valence-electron chi connectivity index (χ3n) is 2.22. The van der Waals surface area contributed by atoms with E-state index in [0.29, 0.717) is 5.56 Å². The maximum absolute atomic E-state index is 11.7. The zero-order valence-electron chi connectivity index (χ0n) is 9.43. The van der Waals surface area contributed by atoms with E-state index in [1.165, 1.54) is 25.1 Å². The van der Waals surface area contributed by atoms with Gasteiger partial charge < -0.3 is 5.32 Å². The lowest BCUT2D eigenvalue weighted by Gasteiger charge is -2.08. The smallest absolute Gasteiger partial charge is 0.270 e. The predicted octanol–water partition coefficient (Wildman–Crippen LogP) is 1.55. The Hall–Kier alpha value is -2.42. The molecule has 0 saturated carbocycles. The number of nitriles is 1. The van der Waals surface area contributed by atoms with Gasteiger partial charge in [0.15, 0.2) is 0 Å². The Morgan fingerprint density at radius 1 is 1.59 bits per heavy atom. The molecule has 0 aromatic heterocycles. The fraction of sp³-hybridized carbons (Fsp3) is 0.273. The summed E-state index contributed by atoms with van der Waals surface area (Å²) in [6.07, 6.45) is 0. The van der Waals surface area contributed by atoms with E-state index in [0.717, 1.165) is 0 Å². The lowest BCUT2D eigenvalue weighted by Crippen LogP contribution is -2.31. The van der Waals surface area contributed by atoms with Crippen LogP contribution in [0.3, 0.4) is 0 Å². The first-order valence-electron chi connectivity index (χ1n) is 4.91. The summed E-state index contributed by atoms with van der Waals surface area (Å²) in [5.74, 6) is -0.486. The summed E-state index contributed by atoms with van der Waals surface area (Å²) in [4.78, 5) is 21.7. The molecule has 0 radical (unpaired) electrons. The molecule has 88 valence electrons. The van der Waals surface area contributed by atoms with E-state index in [1.54, 1.807) is 6.92 Å². The Balaban J connectivity index is 3.05. The predicted molar refractivity (Wildman–Crippen MR) is 60.4 cm³/mol. The first-order chi connectivity index (χ1) is 7.95. The Morgan fingerprint density at radius 3 is 2.76 bits per heavy atom. The van der Waals surface area contributed by atoms with E-state index < -0.39 is 16.9 Å². The molecule has 1 N–H and O–H groups in total. The molecule has 1 aromatic rings. The summed E-state index contributed by atoms with van der Waals surface area (Å²) in [6, 6.07) is 5.26. The van der Waals surface area contributed by atoms with Crippen molar-refractivity contribution in [2.24, 2.45) is 0 Å². The largest absolute Gasteiger partial charge is 0.337 e. The van der Waals surface area contributed by atoms with E-state index in [2.05, 4.69) is 5.32 Å². The molecule has 0 fully saturated rings. The molecule has 6 heteroatoms. The third-order valence-corrected chi connectivity index (χ3v) is 2.22. The van der Waals surface area contributed by atoms with Gasteiger partial charge in [-0.15, -0.1) is 0 Å². The molecule has 1 aromatic carbocycles. The van der Waals surface area contributed by atoms with Crippen LogP contribution in [0.15, 0.2) is 18.2 Å². The summed E-state index contributed by atoms with van der Waals surface area (Å²) in [6.45, 7) is 3.21.